The lowest BCUT2D eigenvalue weighted by molar-refractivity contribution is 0.0990. The van der Waals surface area contributed by atoms with Crippen LogP contribution in [0.15, 0.2) is 46.9 Å². The van der Waals surface area contributed by atoms with Gasteiger partial charge >= 0.3 is 0 Å². The minimum Gasteiger partial charge on any atom is -0.486 e. The molecule has 0 radical (unpaired) electrons. The number of benzene rings is 1. The number of thiophene rings is 1. The van der Waals surface area contributed by atoms with Crippen LogP contribution in [0.1, 0.15) is 61.0 Å². The monoisotopic (exact) mass is 499 g/mol. The van der Waals surface area contributed by atoms with Crippen LogP contribution >= 0.6 is 11.3 Å². The van der Waals surface area contributed by atoms with Crippen LogP contribution in [0.3, 0.4) is 0 Å². The van der Waals surface area contributed by atoms with Gasteiger partial charge in [-0.05, 0) is 61.9 Å². The molecule has 0 saturated heterocycles. The SMILES string of the molecule is CC(=O)c1ccc(OCc2ccc(C(=O)Nc3c(C(N)=O)sc4nc(C(F)F)cc(C)c34)o2)cc1. The molecule has 1 aromatic carbocycles. The third-order valence-corrected chi connectivity index (χ3v) is 6.19. The lowest BCUT2D eigenvalue weighted by Gasteiger charge is -2.07. The summed E-state index contributed by atoms with van der Waals surface area (Å²) in [4.78, 5) is 40.2. The van der Waals surface area contributed by atoms with Crippen LogP contribution < -0.4 is 15.8 Å². The zero-order valence-corrected chi connectivity index (χ0v) is 19.4. The smallest absolute Gasteiger partial charge is 0.291 e. The standard InChI is InChI=1S/C24H19F2N3O5S/c1-11-9-16(21(25)26)28-24-18(11)19(20(35-24)22(27)31)29-23(32)17-8-7-15(34-17)10-33-14-5-3-13(4-6-14)12(2)30/h3-9,21H,10H2,1-2H3,(H2,27,31)(H,29,32). The van der Waals surface area contributed by atoms with E-state index in [9.17, 15) is 23.2 Å². The number of ether oxygens (including phenoxy) is 1. The number of rotatable bonds is 8. The summed E-state index contributed by atoms with van der Waals surface area (Å²) in [5.74, 6) is -0.737. The van der Waals surface area contributed by atoms with E-state index >= 15 is 0 Å². The number of primary amides is 1. The first-order valence-electron chi connectivity index (χ1n) is 10.3. The average molecular weight is 499 g/mol. The molecule has 0 atom stereocenters. The summed E-state index contributed by atoms with van der Waals surface area (Å²) in [6.07, 6.45) is -2.79. The molecule has 180 valence electrons. The van der Waals surface area contributed by atoms with E-state index in [2.05, 4.69) is 10.3 Å². The molecule has 0 aliphatic carbocycles. The van der Waals surface area contributed by atoms with Crippen molar-refractivity contribution in [2.75, 3.05) is 5.32 Å². The minimum atomic E-state index is -2.79. The van der Waals surface area contributed by atoms with Gasteiger partial charge in [0.25, 0.3) is 18.2 Å². The van der Waals surface area contributed by atoms with Crippen molar-refractivity contribution in [2.24, 2.45) is 5.73 Å². The highest BCUT2D eigenvalue weighted by Gasteiger charge is 2.24. The van der Waals surface area contributed by atoms with Crippen LogP contribution in [0.2, 0.25) is 0 Å². The Labute approximate surface area is 201 Å². The number of fused-ring (bicyclic) bond motifs is 1. The quantitative estimate of drug-likeness (QED) is 0.318. The van der Waals surface area contributed by atoms with Gasteiger partial charge in [-0.1, -0.05) is 0 Å². The molecular weight excluding hydrogens is 480 g/mol. The molecule has 35 heavy (non-hydrogen) atoms. The number of aromatic nitrogens is 1. The molecule has 4 aromatic rings. The maximum Gasteiger partial charge on any atom is 0.291 e. The molecule has 0 fully saturated rings. The van der Waals surface area contributed by atoms with Crippen molar-refractivity contribution in [3.8, 4) is 5.75 Å². The number of amides is 2. The van der Waals surface area contributed by atoms with Gasteiger partial charge in [-0.15, -0.1) is 11.3 Å². The molecular formula is C24H19F2N3O5S. The molecule has 0 aliphatic heterocycles. The molecule has 4 rings (SSSR count). The lowest BCUT2D eigenvalue weighted by atomic mass is 10.1. The van der Waals surface area contributed by atoms with Gasteiger partial charge in [0.2, 0.25) is 0 Å². The number of pyridine rings is 1. The number of Topliss-reactive ketones (excluding diaryl/α,β-unsaturated/α-hetero) is 1. The van der Waals surface area contributed by atoms with E-state index in [0.717, 1.165) is 11.3 Å². The Bertz CT molecular complexity index is 1440. The maximum absolute atomic E-state index is 13.1. The van der Waals surface area contributed by atoms with Crippen LogP contribution in [0, 0.1) is 6.92 Å². The molecule has 8 nitrogen and oxygen atoms in total. The number of hydrogen-bond acceptors (Lipinski definition) is 7. The van der Waals surface area contributed by atoms with Crippen LogP contribution in [0.5, 0.6) is 5.75 Å². The zero-order valence-electron chi connectivity index (χ0n) is 18.6. The Kier molecular flexibility index (Phi) is 6.61. The number of aryl methyl sites for hydroxylation is 1. The van der Waals surface area contributed by atoms with E-state index in [-0.39, 0.29) is 33.5 Å². The summed E-state index contributed by atoms with van der Waals surface area (Å²) in [6.45, 7) is 3.07. The molecule has 0 aliphatic rings. The highest BCUT2D eigenvalue weighted by Crippen LogP contribution is 2.38. The first-order chi connectivity index (χ1) is 16.6. The molecule has 0 saturated carbocycles. The Morgan fingerprint density at radius 3 is 2.51 bits per heavy atom. The van der Waals surface area contributed by atoms with Crippen LogP contribution in [0.4, 0.5) is 14.5 Å². The summed E-state index contributed by atoms with van der Waals surface area (Å²) < 4.78 is 37.4. The summed E-state index contributed by atoms with van der Waals surface area (Å²) in [6, 6.07) is 10.8. The number of nitrogens with two attached hydrogens (primary N) is 1. The van der Waals surface area contributed by atoms with E-state index in [1.165, 1.54) is 19.1 Å². The predicted molar refractivity (Wildman–Crippen MR) is 125 cm³/mol. The number of carbonyl (C=O) groups is 3. The molecule has 11 heteroatoms. The number of halogens is 2. The van der Waals surface area contributed by atoms with Gasteiger partial charge in [0, 0.05) is 10.9 Å². The predicted octanol–water partition coefficient (Wildman–Crippen LogP) is 5.27. The van der Waals surface area contributed by atoms with Crippen LogP contribution in [0.25, 0.3) is 10.2 Å². The highest BCUT2D eigenvalue weighted by molar-refractivity contribution is 7.21. The number of nitrogens with one attached hydrogen (secondary N) is 1. The number of hydrogen-bond donors (Lipinski definition) is 2. The molecule has 3 N–H and O–H groups in total. The van der Waals surface area contributed by atoms with E-state index < -0.39 is 23.9 Å². The molecule has 3 heterocycles. The fourth-order valence-electron chi connectivity index (χ4n) is 3.40. The van der Waals surface area contributed by atoms with E-state index in [0.29, 0.717) is 28.0 Å². The number of furan rings is 1. The van der Waals surface area contributed by atoms with E-state index in [4.69, 9.17) is 14.9 Å². The summed E-state index contributed by atoms with van der Waals surface area (Å²) in [7, 11) is 0. The van der Waals surface area contributed by atoms with Gasteiger partial charge in [-0.2, -0.15) is 0 Å². The van der Waals surface area contributed by atoms with Crippen LogP contribution in [-0.4, -0.2) is 22.6 Å². The second kappa shape index (κ2) is 9.63. The average Bonchev–Trinajstić information content (AvgIpc) is 3.43. The molecule has 2 amide bonds. The molecule has 0 bridgehead atoms. The Morgan fingerprint density at radius 2 is 1.89 bits per heavy atom. The third-order valence-electron chi connectivity index (χ3n) is 5.09. The van der Waals surface area contributed by atoms with Crippen molar-refractivity contribution in [3.05, 3.63) is 75.7 Å². The summed E-state index contributed by atoms with van der Waals surface area (Å²) in [5.41, 5.74) is 6.08. The first kappa shape index (κ1) is 24.0. The van der Waals surface area contributed by atoms with Gasteiger partial charge in [-0.25, -0.2) is 13.8 Å². The van der Waals surface area contributed by atoms with Crippen molar-refractivity contribution >= 4 is 44.8 Å². The molecule has 0 spiro atoms. The highest BCUT2D eigenvalue weighted by atomic mass is 32.1. The molecule has 0 unspecified atom stereocenters. The van der Waals surface area contributed by atoms with Gasteiger partial charge in [-0.3, -0.25) is 14.4 Å². The van der Waals surface area contributed by atoms with Crippen molar-refractivity contribution in [3.63, 3.8) is 0 Å². The van der Waals surface area contributed by atoms with Gasteiger partial charge in [0.15, 0.2) is 11.5 Å². The van der Waals surface area contributed by atoms with Crippen molar-refractivity contribution in [2.45, 2.75) is 26.9 Å². The topological polar surface area (TPSA) is 125 Å². The van der Waals surface area contributed by atoms with E-state index in [1.54, 1.807) is 37.3 Å². The van der Waals surface area contributed by atoms with Gasteiger partial charge < -0.3 is 20.2 Å². The van der Waals surface area contributed by atoms with Crippen LogP contribution in [-0.2, 0) is 6.61 Å². The van der Waals surface area contributed by atoms with Crippen molar-refractivity contribution in [1.29, 1.82) is 0 Å². The Morgan fingerprint density at radius 1 is 1.17 bits per heavy atom. The van der Waals surface area contributed by atoms with Crippen molar-refractivity contribution < 1.29 is 32.3 Å². The molecule has 3 aromatic heterocycles. The largest absolute Gasteiger partial charge is 0.486 e. The summed E-state index contributed by atoms with van der Waals surface area (Å²) in [5, 5.41) is 2.95. The first-order valence-corrected chi connectivity index (χ1v) is 11.1. The van der Waals surface area contributed by atoms with Gasteiger partial charge in [0.05, 0.1) is 5.69 Å². The number of nitrogens with zero attached hydrogens (tertiary/aromatic N) is 1. The second-order valence-corrected chi connectivity index (χ2v) is 8.60. The number of alkyl halides is 2. The van der Waals surface area contributed by atoms with Crippen molar-refractivity contribution in [1.82, 2.24) is 4.98 Å². The second-order valence-electron chi connectivity index (χ2n) is 7.60. The zero-order chi connectivity index (χ0) is 25.3. The Hall–Kier alpha value is -4.12. The van der Waals surface area contributed by atoms with Gasteiger partial charge in [0.1, 0.15) is 33.5 Å². The number of ketones is 1. The minimum absolute atomic E-state index is 0.0144. The van der Waals surface area contributed by atoms with E-state index in [1.807, 2.05) is 0 Å². The maximum atomic E-state index is 13.1. The Balaban J connectivity index is 1.53. The third kappa shape index (κ3) is 5.04. The summed E-state index contributed by atoms with van der Waals surface area (Å²) >= 11 is 0.823. The normalized spacial score (nSPS) is 11.1. The fraction of sp³-hybridized carbons (Fsp3) is 0.167. The number of carbonyl (C=O) groups excluding carboxylic acids is 3. The number of anilines is 1. The fourth-order valence-corrected chi connectivity index (χ4v) is 4.47. The lowest BCUT2D eigenvalue weighted by Crippen LogP contribution is -2.16.